The second-order valence-corrected chi connectivity index (χ2v) is 43.8. The van der Waals surface area contributed by atoms with Gasteiger partial charge in [0.1, 0.15) is 68.5 Å². The van der Waals surface area contributed by atoms with Crippen LogP contribution in [0.4, 0.5) is 56.0 Å². The number of piperazine rings is 3. The van der Waals surface area contributed by atoms with E-state index < -0.39 is 18.0 Å². The number of aromatic nitrogens is 15. The van der Waals surface area contributed by atoms with Crippen molar-refractivity contribution in [3.05, 3.63) is 296 Å². The summed E-state index contributed by atoms with van der Waals surface area (Å²) >= 11 is 0. The lowest BCUT2D eigenvalue weighted by Crippen LogP contribution is -2.62. The molecule has 6 atom stereocenters. The number of nitrogens with one attached hydrogen (secondary N) is 3. The number of pyridine rings is 9. The highest BCUT2D eigenvalue weighted by Crippen LogP contribution is 2.43. The van der Waals surface area contributed by atoms with Gasteiger partial charge >= 0.3 is 0 Å². The van der Waals surface area contributed by atoms with Crippen molar-refractivity contribution in [1.82, 2.24) is 85.2 Å². The molecule has 0 amide bonds. The van der Waals surface area contributed by atoms with Gasteiger partial charge in [0.2, 0.25) is 0 Å². The first-order chi connectivity index (χ1) is 72.2. The van der Waals surface area contributed by atoms with Crippen LogP contribution in [0.15, 0.2) is 207 Å². The lowest BCUT2D eigenvalue weighted by molar-refractivity contribution is -0.0726. The fourth-order valence-electron chi connectivity index (χ4n) is 24.5. The van der Waals surface area contributed by atoms with Gasteiger partial charge in [0, 0.05) is 227 Å². The monoisotopic (exact) mass is 2030 g/mol. The topological polar surface area (TPSA) is 366 Å². The molecule has 0 aromatic carbocycles. The number of anilines is 9. The third kappa shape index (κ3) is 18.6. The summed E-state index contributed by atoms with van der Waals surface area (Å²) in [5.74, 6) is 2.03. The molecule has 6 aliphatic heterocycles. The Bertz CT molecular complexity index is 7780. The van der Waals surface area contributed by atoms with Crippen LogP contribution in [0, 0.1) is 16.6 Å². The van der Waals surface area contributed by atoms with E-state index >= 15 is 4.39 Å². The molecule has 0 saturated carbocycles. The summed E-state index contributed by atoms with van der Waals surface area (Å²) in [7, 11) is 5.04. The van der Waals surface area contributed by atoms with Crippen molar-refractivity contribution < 1.29 is 33.9 Å². The normalized spacial score (nSPS) is 20.4. The van der Waals surface area contributed by atoms with E-state index in [1.54, 1.807) is 124 Å². The molecule has 0 bridgehead atoms. The minimum atomic E-state index is -0.547. The van der Waals surface area contributed by atoms with Crippen molar-refractivity contribution >= 4 is 68.1 Å². The van der Waals surface area contributed by atoms with Gasteiger partial charge in [-0.05, 0) is 216 Å². The molecule has 9 aliphatic rings. The second-order valence-electron chi connectivity index (χ2n) is 43.8. The molecule has 15 aromatic rings. The number of fused-ring (bicyclic) bond motifs is 9. The number of halogens is 1. The zero-order valence-corrected chi connectivity index (χ0v) is 87.0. The van der Waals surface area contributed by atoms with Crippen molar-refractivity contribution in [2.75, 3.05) is 110 Å². The lowest BCUT2D eigenvalue weighted by Gasteiger charge is -2.49. The van der Waals surface area contributed by atoms with Crippen molar-refractivity contribution in [3.63, 3.8) is 0 Å². The number of nitrogens with zero attached hydrogens (tertiary/aromatic N) is 21. The molecule has 0 radical (unpaired) electrons. The molecule has 6 fully saturated rings. The smallest absolute Gasteiger partial charge is 0.283 e. The van der Waals surface area contributed by atoms with E-state index in [-0.39, 0.29) is 63.2 Å². The molecule has 6 N–H and O–H groups in total. The molecule has 21 heterocycles. The third-order valence-corrected chi connectivity index (χ3v) is 31.8. The summed E-state index contributed by atoms with van der Waals surface area (Å²) in [5, 5.41) is 41.6. The van der Waals surface area contributed by atoms with Crippen LogP contribution in [0.5, 0.6) is 0 Å². The maximum Gasteiger partial charge on any atom is 0.283 e. The molecule has 15 aromatic heterocycles. The van der Waals surface area contributed by atoms with Crippen LogP contribution >= 0.6 is 0 Å². The third-order valence-electron chi connectivity index (χ3n) is 31.8. The Morgan fingerprint density at radius 1 is 0.380 bits per heavy atom. The Labute approximate surface area is 865 Å². The van der Waals surface area contributed by atoms with Gasteiger partial charge in [0.15, 0.2) is 5.82 Å². The van der Waals surface area contributed by atoms with Crippen LogP contribution in [0.25, 0.3) is 67.4 Å². The number of aliphatic hydroxyl groups is 3. The number of aliphatic hydroxyl groups excluding tert-OH is 3. The summed E-state index contributed by atoms with van der Waals surface area (Å²) in [6, 6.07) is 29.8. The summed E-state index contributed by atoms with van der Waals surface area (Å²) in [6.07, 6.45) is 32.8. The van der Waals surface area contributed by atoms with Crippen LogP contribution in [0.2, 0.25) is 0 Å². The zero-order valence-electron chi connectivity index (χ0n) is 87.0. The highest BCUT2D eigenvalue weighted by Gasteiger charge is 2.42. The number of aryl methyl sites for hydroxylation is 4. The molecule has 150 heavy (non-hydrogen) atoms. The maximum atomic E-state index is 15.5. The first kappa shape index (κ1) is 100. The first-order valence-corrected chi connectivity index (χ1v) is 52.1. The Morgan fingerprint density at radius 2 is 0.700 bits per heavy atom. The summed E-state index contributed by atoms with van der Waals surface area (Å²) in [6.45, 7) is 32.0. The lowest BCUT2D eigenvalue weighted by atomic mass is 9.90. The van der Waals surface area contributed by atoms with Crippen molar-refractivity contribution in [3.8, 4) is 50.8 Å². The first-order valence-electron chi connectivity index (χ1n) is 52.1. The molecule has 780 valence electrons. The Kier molecular flexibility index (Phi) is 26.8. The van der Waals surface area contributed by atoms with E-state index in [1.807, 2.05) is 88.3 Å². The standard InChI is InChI=1S/2C38H44N8O4.C37H41FN8O4/c2*1-23-17-43(28-21-50-22-28)18-24(2)46(23)27-6-7-34(40-16-27)41-31-12-26(19-42(5)36(31)48)29-8-9-39-35(30(29)20-47)45-11-10-44-32(37(45)49)13-25-14-38(3,4)15-33(25)44;1-22-16-43(26-20-50-21-26)17-23(2)46(22)25-8-9-32(40-15-25)41-30-14-24(18-42(3)36(30)48)27-10-11-39-35(29(27)19-47)45-13-12-44-31-7-5-4-6-28(31)33(38)34(44)37(45)49/h2*6-13,16,19,23-24,28,47H,14-15,17-18,20-22H2,1-5H3,(H,40,41);8-15,18,22-23,26,47H,4-7,16-17,19-21H2,1-3H3,(H,40,41)/t23-,24+;23-,24-;22-,23-/m.00/s1. The minimum absolute atomic E-state index is 0.0162. The van der Waals surface area contributed by atoms with Crippen molar-refractivity contribution in [1.29, 1.82) is 0 Å². The molecule has 0 spiro atoms. The van der Waals surface area contributed by atoms with Gasteiger partial charge in [-0.15, -0.1) is 0 Å². The van der Waals surface area contributed by atoms with Gasteiger partial charge in [-0.2, -0.15) is 0 Å². The predicted molar refractivity (Wildman–Crippen MR) is 576 cm³/mol. The Balaban J connectivity index is 0.000000127. The summed E-state index contributed by atoms with van der Waals surface area (Å²) < 4.78 is 46.2. The average Bonchev–Trinajstić information content (AvgIpc) is 1.59. The van der Waals surface area contributed by atoms with Gasteiger partial charge in [-0.25, -0.2) is 34.3 Å². The number of ether oxygens (including phenoxy) is 3. The van der Waals surface area contributed by atoms with Crippen LogP contribution in [0.3, 0.4) is 0 Å². The van der Waals surface area contributed by atoms with Crippen LogP contribution in [-0.2, 0) is 93.7 Å². The largest absolute Gasteiger partial charge is 0.392 e. The quantitative estimate of drug-likeness (QED) is 0.0389. The van der Waals surface area contributed by atoms with E-state index in [1.165, 1.54) is 49.9 Å². The van der Waals surface area contributed by atoms with E-state index in [0.29, 0.717) is 174 Å². The Morgan fingerprint density at radius 3 is 1.01 bits per heavy atom. The van der Waals surface area contributed by atoms with Gasteiger partial charge in [0.25, 0.3) is 33.4 Å². The SMILES string of the molecule is C[C@@H]1CN(C2COC2)C[C@H](C)N1c1ccc(Nc2cc(-c3ccnc(-n4ccn5c6c(cc5c4=O)CC(C)(C)C6)c3CO)cn(C)c2=O)nc1.C[C@H]1CN(C2COC2)C[C@H](C)N1c1ccc(Nc2cc(-c3ccnc(-n4ccn5c6c(c(F)c5c4=O)CCCC6)c3CO)cn(C)c2=O)nc1.C[C@H]1CN(C2COC2)C[C@H](C)N1c1ccc(Nc2cc(-c3ccnc(-n4ccn5c6c(cc5c4=O)CC(C)(C)C6)c3CO)cn(C)c2=O)nc1. The highest BCUT2D eigenvalue weighted by molar-refractivity contribution is 5.78. The predicted octanol–water partition coefficient (Wildman–Crippen LogP) is 11.6. The zero-order chi connectivity index (χ0) is 104. The highest BCUT2D eigenvalue weighted by atomic mass is 19.1. The number of hydrogen-bond acceptors (Lipinski definition) is 27. The molecule has 0 unspecified atom stereocenters. The Hall–Kier alpha value is -14.4. The van der Waals surface area contributed by atoms with Crippen molar-refractivity contribution in [2.24, 2.45) is 32.0 Å². The minimum Gasteiger partial charge on any atom is -0.392 e. The van der Waals surface area contributed by atoms with Gasteiger partial charge in [0.05, 0.1) is 113 Å². The number of hydrogen-bond donors (Lipinski definition) is 6. The average molecular weight is 2030 g/mol. The summed E-state index contributed by atoms with van der Waals surface area (Å²) in [4.78, 5) is 124. The molecular formula is C113H129FN24O12. The molecule has 3 aliphatic carbocycles. The molecule has 36 nitrogen and oxygen atoms in total. The maximum absolute atomic E-state index is 15.5. The van der Waals surface area contributed by atoms with E-state index in [0.717, 1.165) is 147 Å². The fraction of sp³-hybridized carbons (Fsp3) is 0.416. The fourth-order valence-corrected chi connectivity index (χ4v) is 24.5. The van der Waals surface area contributed by atoms with Gasteiger partial charge < -0.3 is 87.1 Å². The van der Waals surface area contributed by atoms with Gasteiger partial charge in [-0.1, -0.05) is 27.7 Å². The van der Waals surface area contributed by atoms with E-state index in [9.17, 15) is 44.1 Å². The van der Waals surface area contributed by atoms with E-state index in [2.05, 4.69) is 135 Å². The van der Waals surface area contributed by atoms with Crippen LogP contribution in [0.1, 0.15) is 133 Å². The molecular weight excluding hydrogens is 1900 g/mol. The number of rotatable bonds is 21. The van der Waals surface area contributed by atoms with Crippen LogP contribution < -0.4 is 64.0 Å². The van der Waals surface area contributed by atoms with Gasteiger partial charge in [-0.3, -0.25) is 57.2 Å². The molecule has 24 rings (SSSR count). The molecule has 6 saturated heterocycles. The molecule has 37 heteroatoms. The second kappa shape index (κ2) is 40.1. The van der Waals surface area contributed by atoms with Crippen LogP contribution in [-0.4, -0.2) is 234 Å². The van der Waals surface area contributed by atoms with Crippen molar-refractivity contribution in [2.45, 2.75) is 195 Å². The summed E-state index contributed by atoms with van der Waals surface area (Å²) in [5.41, 5.74) is 15.4. The van der Waals surface area contributed by atoms with E-state index in [4.69, 9.17) is 24.2 Å².